The van der Waals surface area contributed by atoms with Gasteiger partial charge in [0.25, 0.3) is 0 Å². The Kier molecular flexibility index (Phi) is 6.41. The molecule has 0 aliphatic heterocycles. The first-order chi connectivity index (χ1) is 13.9. The van der Waals surface area contributed by atoms with Crippen LogP contribution in [0.4, 0.5) is 16.4 Å². The van der Waals surface area contributed by atoms with Crippen LogP contribution in [0.1, 0.15) is 17.2 Å². The van der Waals surface area contributed by atoms with Crippen LogP contribution >= 0.6 is 23.2 Å². The molecule has 1 atom stereocenters. The van der Waals surface area contributed by atoms with E-state index in [0.29, 0.717) is 38.6 Å². The van der Waals surface area contributed by atoms with E-state index in [9.17, 15) is 4.79 Å². The van der Waals surface area contributed by atoms with E-state index in [0.717, 1.165) is 0 Å². The number of rotatable bonds is 5. The number of carbonyl (C=O) groups excluding carboxylic acids is 1. The van der Waals surface area contributed by atoms with Gasteiger partial charge in [-0.25, -0.2) is 14.8 Å². The summed E-state index contributed by atoms with van der Waals surface area (Å²) in [5.41, 5.74) is 7.66. The van der Waals surface area contributed by atoms with Gasteiger partial charge in [0, 0.05) is 37.1 Å². The lowest BCUT2D eigenvalue weighted by Gasteiger charge is -2.24. The fraction of sp³-hybridized carbons (Fsp3) is 0.150. The van der Waals surface area contributed by atoms with Crippen LogP contribution in [-0.4, -0.2) is 35.1 Å². The van der Waals surface area contributed by atoms with E-state index >= 15 is 0 Å². The van der Waals surface area contributed by atoms with Crippen molar-refractivity contribution < 1.29 is 9.53 Å². The van der Waals surface area contributed by atoms with Crippen molar-refractivity contribution in [1.82, 2.24) is 14.9 Å². The van der Waals surface area contributed by atoms with Crippen LogP contribution in [0.3, 0.4) is 0 Å². The summed E-state index contributed by atoms with van der Waals surface area (Å²) in [5, 5.41) is 4.05. The molecule has 1 amide bonds. The van der Waals surface area contributed by atoms with Gasteiger partial charge in [0.05, 0.1) is 16.8 Å². The van der Waals surface area contributed by atoms with Gasteiger partial charge in [0.15, 0.2) is 0 Å². The fourth-order valence-electron chi connectivity index (χ4n) is 2.64. The Morgan fingerprint density at radius 2 is 1.83 bits per heavy atom. The second-order valence-electron chi connectivity index (χ2n) is 6.34. The van der Waals surface area contributed by atoms with Crippen LogP contribution in [0.25, 0.3) is 0 Å². The van der Waals surface area contributed by atoms with Crippen LogP contribution in [-0.2, 0) is 0 Å². The van der Waals surface area contributed by atoms with E-state index in [-0.39, 0.29) is 0 Å². The predicted molar refractivity (Wildman–Crippen MR) is 115 cm³/mol. The Morgan fingerprint density at radius 3 is 2.52 bits per heavy atom. The molecule has 1 aromatic heterocycles. The number of benzene rings is 2. The minimum Gasteiger partial charge on any atom is -0.410 e. The third-order valence-electron chi connectivity index (χ3n) is 4.05. The highest BCUT2D eigenvalue weighted by molar-refractivity contribution is 6.34. The third-order valence-corrected chi connectivity index (χ3v) is 4.73. The molecule has 0 saturated heterocycles. The van der Waals surface area contributed by atoms with Crippen molar-refractivity contribution in [3.05, 3.63) is 76.0 Å². The number of nitrogens with zero attached hydrogens (tertiary/aromatic N) is 3. The molecule has 3 rings (SSSR count). The molecule has 29 heavy (non-hydrogen) atoms. The molecule has 3 aromatic rings. The number of amides is 1. The van der Waals surface area contributed by atoms with Crippen molar-refractivity contribution in [2.24, 2.45) is 0 Å². The lowest BCUT2D eigenvalue weighted by Crippen LogP contribution is -2.26. The number of nitrogens with two attached hydrogens (primary N) is 1. The molecule has 0 saturated carbocycles. The SMILES string of the molecule is CN(C)C(=O)Oc1ccc(Cl)cc1C(Nc1ncccn1)c1cccc(N)c1Cl. The Hall–Kier alpha value is -3.03. The second-order valence-corrected chi connectivity index (χ2v) is 7.16. The van der Waals surface area contributed by atoms with Gasteiger partial charge >= 0.3 is 6.09 Å². The maximum Gasteiger partial charge on any atom is 0.414 e. The molecule has 150 valence electrons. The number of anilines is 2. The average Bonchev–Trinajstić information content (AvgIpc) is 2.70. The molecule has 1 unspecified atom stereocenters. The van der Waals surface area contributed by atoms with E-state index in [1.54, 1.807) is 62.9 Å². The molecule has 7 nitrogen and oxygen atoms in total. The number of hydrogen-bond acceptors (Lipinski definition) is 6. The number of nitrogen functional groups attached to an aromatic ring is 1. The van der Waals surface area contributed by atoms with E-state index in [2.05, 4.69) is 15.3 Å². The lowest BCUT2D eigenvalue weighted by molar-refractivity contribution is 0.171. The van der Waals surface area contributed by atoms with Crippen LogP contribution in [0, 0.1) is 0 Å². The molecule has 0 radical (unpaired) electrons. The topological polar surface area (TPSA) is 93.4 Å². The normalized spacial score (nSPS) is 11.6. The summed E-state index contributed by atoms with van der Waals surface area (Å²) in [6.07, 6.45) is 2.69. The van der Waals surface area contributed by atoms with Crippen molar-refractivity contribution in [2.45, 2.75) is 6.04 Å². The Balaban J connectivity index is 2.14. The summed E-state index contributed by atoms with van der Waals surface area (Å²) in [6, 6.07) is 11.4. The molecule has 2 aromatic carbocycles. The van der Waals surface area contributed by atoms with E-state index in [4.69, 9.17) is 33.7 Å². The Bertz CT molecular complexity index is 1020. The monoisotopic (exact) mass is 431 g/mol. The summed E-state index contributed by atoms with van der Waals surface area (Å²) < 4.78 is 5.55. The van der Waals surface area contributed by atoms with Gasteiger partial charge in [-0.2, -0.15) is 0 Å². The zero-order chi connectivity index (χ0) is 21.0. The maximum atomic E-state index is 12.2. The van der Waals surface area contributed by atoms with Gasteiger partial charge in [0.2, 0.25) is 5.95 Å². The van der Waals surface area contributed by atoms with Crippen LogP contribution < -0.4 is 15.8 Å². The molecule has 1 heterocycles. The lowest BCUT2D eigenvalue weighted by atomic mass is 9.97. The number of halogens is 2. The average molecular weight is 432 g/mol. The number of hydrogen-bond donors (Lipinski definition) is 2. The summed E-state index contributed by atoms with van der Waals surface area (Å²) in [7, 11) is 3.19. The summed E-state index contributed by atoms with van der Waals surface area (Å²) in [4.78, 5) is 21.9. The molecule has 0 aliphatic carbocycles. The van der Waals surface area contributed by atoms with E-state index in [1.165, 1.54) is 4.90 Å². The molecule has 0 aliphatic rings. The van der Waals surface area contributed by atoms with Gasteiger partial charge in [-0.3, -0.25) is 0 Å². The predicted octanol–water partition coefficient (Wildman–Crippen LogP) is 4.63. The second kappa shape index (κ2) is 8.98. The Labute approximate surface area is 178 Å². The van der Waals surface area contributed by atoms with Gasteiger partial charge in [-0.15, -0.1) is 0 Å². The van der Waals surface area contributed by atoms with Crippen molar-refractivity contribution in [1.29, 1.82) is 0 Å². The Morgan fingerprint density at radius 1 is 1.10 bits per heavy atom. The molecular formula is C20H19Cl2N5O2. The van der Waals surface area contributed by atoms with Crippen molar-refractivity contribution in [2.75, 3.05) is 25.1 Å². The standard InChI is InChI=1S/C20H19Cl2N5O2/c1-27(2)20(28)29-16-8-7-12(21)11-14(16)18(26-19-24-9-4-10-25-19)13-5-3-6-15(23)17(13)22/h3-11,18H,23H2,1-2H3,(H,24,25,26). The highest BCUT2D eigenvalue weighted by Gasteiger charge is 2.24. The minimum atomic E-state index is -0.586. The fourth-order valence-corrected chi connectivity index (χ4v) is 3.06. The van der Waals surface area contributed by atoms with Crippen molar-refractivity contribution in [3.63, 3.8) is 0 Å². The van der Waals surface area contributed by atoms with Gasteiger partial charge in [0.1, 0.15) is 5.75 Å². The largest absolute Gasteiger partial charge is 0.414 e. The summed E-state index contributed by atoms with van der Waals surface area (Å²) in [5.74, 6) is 0.681. The third kappa shape index (κ3) is 4.88. The first-order valence-electron chi connectivity index (χ1n) is 8.63. The molecule has 0 bridgehead atoms. The highest BCUT2D eigenvalue weighted by Crippen LogP contribution is 2.39. The van der Waals surface area contributed by atoms with Crippen molar-refractivity contribution >= 4 is 40.9 Å². The molecule has 9 heteroatoms. The van der Waals surface area contributed by atoms with Crippen LogP contribution in [0.5, 0.6) is 5.75 Å². The van der Waals surface area contributed by atoms with Gasteiger partial charge < -0.3 is 20.7 Å². The van der Waals surface area contributed by atoms with Gasteiger partial charge in [-0.1, -0.05) is 35.3 Å². The summed E-state index contributed by atoms with van der Waals surface area (Å²) >= 11 is 12.8. The number of ether oxygens (including phenoxy) is 1. The number of carbonyl (C=O) groups is 1. The smallest absolute Gasteiger partial charge is 0.410 e. The molecular weight excluding hydrogens is 413 g/mol. The van der Waals surface area contributed by atoms with Gasteiger partial charge in [-0.05, 0) is 35.9 Å². The van der Waals surface area contributed by atoms with Crippen LogP contribution in [0.15, 0.2) is 54.9 Å². The summed E-state index contributed by atoms with van der Waals surface area (Å²) in [6.45, 7) is 0. The molecule has 0 spiro atoms. The first-order valence-corrected chi connectivity index (χ1v) is 9.38. The highest BCUT2D eigenvalue weighted by atomic mass is 35.5. The van der Waals surface area contributed by atoms with Crippen LogP contribution in [0.2, 0.25) is 10.0 Å². The number of nitrogens with one attached hydrogen (secondary N) is 1. The van der Waals surface area contributed by atoms with E-state index in [1.807, 2.05) is 6.07 Å². The maximum absolute atomic E-state index is 12.2. The number of aromatic nitrogens is 2. The first kappa shape index (κ1) is 20.7. The zero-order valence-corrected chi connectivity index (χ0v) is 17.3. The molecule has 0 fully saturated rings. The quantitative estimate of drug-likeness (QED) is 0.572. The van der Waals surface area contributed by atoms with Crippen molar-refractivity contribution in [3.8, 4) is 5.75 Å². The molecule has 3 N–H and O–H groups in total. The zero-order valence-electron chi connectivity index (χ0n) is 15.8. The minimum absolute atomic E-state index is 0.319. The van der Waals surface area contributed by atoms with E-state index < -0.39 is 12.1 Å².